The fourth-order valence-electron chi connectivity index (χ4n) is 3.30. The van der Waals surface area contributed by atoms with Gasteiger partial charge in [-0.3, -0.25) is 4.79 Å². The first-order valence-corrected chi connectivity index (χ1v) is 8.81. The summed E-state index contributed by atoms with van der Waals surface area (Å²) in [7, 11) is 0. The molecule has 0 spiro atoms. The molecule has 3 rings (SSSR count). The molecule has 2 aromatic rings. The van der Waals surface area contributed by atoms with Crippen molar-refractivity contribution in [2.75, 3.05) is 13.1 Å². The summed E-state index contributed by atoms with van der Waals surface area (Å²) in [5.41, 5.74) is 1.97. The number of nitrogens with one attached hydrogen (secondary N) is 1. The third kappa shape index (κ3) is 3.29. The number of carbonyl (C=O) groups excluding carboxylic acids is 1. The summed E-state index contributed by atoms with van der Waals surface area (Å²) < 4.78 is 0. The van der Waals surface area contributed by atoms with E-state index in [9.17, 15) is 4.79 Å². The first-order valence-electron chi connectivity index (χ1n) is 7.93. The number of thioether (sulfide) groups is 1. The molecule has 1 aromatic heterocycles. The van der Waals surface area contributed by atoms with Crippen LogP contribution in [0, 0.1) is 11.8 Å². The van der Waals surface area contributed by atoms with E-state index in [1.165, 1.54) is 18.2 Å². The first-order chi connectivity index (χ1) is 10.5. The first kappa shape index (κ1) is 15.4. The van der Waals surface area contributed by atoms with Crippen LogP contribution >= 0.6 is 11.8 Å². The Labute approximate surface area is 135 Å². The molecule has 0 radical (unpaired) electrons. The minimum Gasteiger partial charge on any atom is -0.341 e. The van der Waals surface area contributed by atoms with Crippen molar-refractivity contribution >= 4 is 28.7 Å². The molecule has 118 valence electrons. The highest BCUT2D eigenvalue weighted by molar-refractivity contribution is 8.00. The summed E-state index contributed by atoms with van der Waals surface area (Å²) in [6, 6.07) is 7.95. The number of carbonyl (C=O) groups is 1. The Bertz CT molecular complexity index is 626. The van der Waals surface area contributed by atoms with Crippen molar-refractivity contribution < 1.29 is 4.79 Å². The second kappa shape index (κ2) is 6.32. The van der Waals surface area contributed by atoms with Gasteiger partial charge in [-0.15, -0.1) is 0 Å². The number of benzene rings is 1. The summed E-state index contributed by atoms with van der Waals surface area (Å²) in [5.74, 6) is 1.41. The highest BCUT2D eigenvalue weighted by Crippen LogP contribution is 2.27. The van der Waals surface area contributed by atoms with Gasteiger partial charge in [0.05, 0.1) is 16.3 Å². The number of fused-ring (bicyclic) bond motifs is 1. The van der Waals surface area contributed by atoms with E-state index in [-0.39, 0.29) is 11.2 Å². The van der Waals surface area contributed by atoms with E-state index in [0.717, 1.165) is 29.3 Å². The molecule has 1 aromatic carbocycles. The van der Waals surface area contributed by atoms with Crippen LogP contribution in [0.25, 0.3) is 11.0 Å². The Morgan fingerprint density at radius 2 is 2.00 bits per heavy atom. The summed E-state index contributed by atoms with van der Waals surface area (Å²) in [4.78, 5) is 22.5. The number of aromatic nitrogens is 2. The highest BCUT2D eigenvalue weighted by atomic mass is 32.2. The fourth-order valence-corrected chi connectivity index (χ4v) is 4.21. The lowest BCUT2D eigenvalue weighted by Gasteiger charge is -2.36. The van der Waals surface area contributed by atoms with Crippen molar-refractivity contribution in [2.45, 2.75) is 37.6 Å². The number of nitrogens with zero attached hydrogens (tertiary/aromatic N) is 2. The van der Waals surface area contributed by atoms with E-state index in [4.69, 9.17) is 0 Å². The molecular formula is C17H23N3OS. The summed E-state index contributed by atoms with van der Waals surface area (Å²) in [5, 5.41) is 0.707. The monoisotopic (exact) mass is 317 g/mol. The van der Waals surface area contributed by atoms with Gasteiger partial charge in [0, 0.05) is 13.1 Å². The molecule has 1 aliphatic heterocycles. The van der Waals surface area contributed by atoms with Crippen LogP contribution in [0.3, 0.4) is 0 Å². The third-order valence-electron chi connectivity index (χ3n) is 4.18. The Kier molecular flexibility index (Phi) is 4.43. The molecule has 4 nitrogen and oxygen atoms in total. The topological polar surface area (TPSA) is 49.0 Å². The molecule has 3 atom stereocenters. The van der Waals surface area contributed by atoms with Gasteiger partial charge in [-0.05, 0) is 37.3 Å². The minimum atomic E-state index is -0.113. The number of likely N-dealkylation sites (tertiary alicyclic amines) is 1. The average molecular weight is 317 g/mol. The molecule has 5 heteroatoms. The summed E-state index contributed by atoms with van der Waals surface area (Å²) in [6.07, 6.45) is 1.22. The zero-order valence-electron chi connectivity index (χ0n) is 13.4. The van der Waals surface area contributed by atoms with E-state index < -0.39 is 0 Å². The SMILES string of the molecule is CC1CC(C)CN(C(=O)C(C)Sc2nc3ccccc3[nH]2)C1. The molecular weight excluding hydrogens is 294 g/mol. The van der Waals surface area contributed by atoms with Crippen LogP contribution in [0.2, 0.25) is 0 Å². The van der Waals surface area contributed by atoms with Crippen molar-refractivity contribution in [3.8, 4) is 0 Å². The number of aromatic amines is 1. The van der Waals surface area contributed by atoms with E-state index in [0.29, 0.717) is 11.8 Å². The maximum Gasteiger partial charge on any atom is 0.235 e. The van der Waals surface area contributed by atoms with Gasteiger partial charge < -0.3 is 9.88 Å². The second-order valence-electron chi connectivity index (χ2n) is 6.51. The Hall–Kier alpha value is -1.49. The lowest BCUT2D eigenvalue weighted by Crippen LogP contribution is -2.45. The minimum absolute atomic E-state index is 0.113. The lowest BCUT2D eigenvalue weighted by molar-refractivity contribution is -0.132. The predicted molar refractivity (Wildman–Crippen MR) is 90.9 cm³/mol. The predicted octanol–water partition coefficient (Wildman–Crippen LogP) is 3.55. The average Bonchev–Trinajstić information content (AvgIpc) is 2.87. The van der Waals surface area contributed by atoms with Crippen LogP contribution in [0.15, 0.2) is 29.4 Å². The molecule has 0 saturated carbocycles. The standard InChI is InChI=1S/C17H23N3OS/c1-11-8-12(2)10-20(9-11)16(21)13(3)22-17-18-14-6-4-5-7-15(14)19-17/h4-7,11-13H,8-10H2,1-3H3,(H,18,19). The van der Waals surface area contributed by atoms with Crippen LogP contribution in [-0.4, -0.2) is 39.1 Å². The Balaban J connectivity index is 1.68. The van der Waals surface area contributed by atoms with Crippen molar-refractivity contribution in [3.05, 3.63) is 24.3 Å². The van der Waals surface area contributed by atoms with Gasteiger partial charge in [-0.25, -0.2) is 4.98 Å². The molecule has 1 aliphatic rings. The summed E-state index contributed by atoms with van der Waals surface area (Å²) in [6.45, 7) is 8.20. The van der Waals surface area contributed by atoms with Gasteiger partial charge in [-0.2, -0.15) is 0 Å². The molecule has 1 amide bonds. The molecule has 1 saturated heterocycles. The van der Waals surface area contributed by atoms with Crippen molar-refractivity contribution in [1.29, 1.82) is 0 Å². The van der Waals surface area contributed by atoms with Crippen LogP contribution in [0.4, 0.5) is 0 Å². The van der Waals surface area contributed by atoms with E-state index in [1.807, 2.05) is 36.1 Å². The number of hydrogen-bond acceptors (Lipinski definition) is 3. The molecule has 0 bridgehead atoms. The maximum absolute atomic E-state index is 12.7. The second-order valence-corrected chi connectivity index (χ2v) is 7.84. The lowest BCUT2D eigenvalue weighted by atomic mass is 9.92. The molecule has 1 fully saturated rings. The molecule has 1 N–H and O–H groups in total. The molecule has 3 unspecified atom stereocenters. The zero-order valence-corrected chi connectivity index (χ0v) is 14.2. The van der Waals surface area contributed by atoms with Crippen LogP contribution in [-0.2, 0) is 4.79 Å². The van der Waals surface area contributed by atoms with Gasteiger partial charge in [0.2, 0.25) is 5.91 Å². The number of piperidine rings is 1. The van der Waals surface area contributed by atoms with Gasteiger partial charge in [0.15, 0.2) is 5.16 Å². The van der Waals surface area contributed by atoms with Crippen LogP contribution < -0.4 is 0 Å². The summed E-state index contributed by atoms with van der Waals surface area (Å²) >= 11 is 1.52. The number of rotatable bonds is 3. The van der Waals surface area contributed by atoms with Crippen LogP contribution in [0.1, 0.15) is 27.2 Å². The van der Waals surface area contributed by atoms with Gasteiger partial charge >= 0.3 is 0 Å². The Morgan fingerprint density at radius 3 is 2.68 bits per heavy atom. The third-order valence-corrected chi connectivity index (χ3v) is 5.16. The zero-order chi connectivity index (χ0) is 15.7. The number of hydrogen-bond donors (Lipinski definition) is 1. The molecule has 22 heavy (non-hydrogen) atoms. The van der Waals surface area contributed by atoms with E-state index in [1.54, 1.807) is 0 Å². The highest BCUT2D eigenvalue weighted by Gasteiger charge is 2.29. The van der Waals surface area contributed by atoms with Gasteiger partial charge in [-0.1, -0.05) is 37.7 Å². The molecule has 0 aliphatic carbocycles. The van der Waals surface area contributed by atoms with Crippen molar-refractivity contribution in [2.24, 2.45) is 11.8 Å². The van der Waals surface area contributed by atoms with E-state index >= 15 is 0 Å². The number of imidazole rings is 1. The normalized spacial score (nSPS) is 23.7. The fraction of sp³-hybridized carbons (Fsp3) is 0.529. The molecule has 2 heterocycles. The van der Waals surface area contributed by atoms with Gasteiger partial charge in [0.25, 0.3) is 0 Å². The Morgan fingerprint density at radius 1 is 1.32 bits per heavy atom. The van der Waals surface area contributed by atoms with Crippen molar-refractivity contribution in [1.82, 2.24) is 14.9 Å². The van der Waals surface area contributed by atoms with Gasteiger partial charge in [0.1, 0.15) is 0 Å². The maximum atomic E-state index is 12.7. The number of para-hydroxylation sites is 2. The van der Waals surface area contributed by atoms with E-state index in [2.05, 4.69) is 23.8 Å². The largest absolute Gasteiger partial charge is 0.341 e. The van der Waals surface area contributed by atoms with Crippen molar-refractivity contribution in [3.63, 3.8) is 0 Å². The quantitative estimate of drug-likeness (QED) is 0.881. The number of H-pyrrole nitrogens is 1. The number of amides is 1. The smallest absolute Gasteiger partial charge is 0.235 e. The van der Waals surface area contributed by atoms with Crippen LogP contribution in [0.5, 0.6) is 0 Å².